The molecule has 0 saturated carbocycles. The lowest BCUT2D eigenvalue weighted by molar-refractivity contribution is 0.0691. The van der Waals surface area contributed by atoms with Crippen LogP contribution in [0.1, 0.15) is 15.9 Å². The number of nitrogens with one attached hydrogen (secondary N) is 1. The van der Waals surface area contributed by atoms with E-state index in [1.54, 1.807) is 0 Å². The van der Waals surface area contributed by atoms with Crippen molar-refractivity contribution >= 4 is 42.7 Å². The number of para-hydroxylation sites is 1. The topological polar surface area (TPSA) is 96.4 Å². The smallest absolute Gasteiger partial charge is 0.338 e. The van der Waals surface area contributed by atoms with Crippen LogP contribution in [0, 0.1) is 12.7 Å². The van der Waals surface area contributed by atoms with E-state index in [1.807, 2.05) is 25.1 Å². The number of aryl methyl sites for hydroxylation is 1. The number of anilines is 1. The van der Waals surface area contributed by atoms with Crippen LogP contribution in [0.25, 0.3) is 10.2 Å². The van der Waals surface area contributed by atoms with E-state index in [0.717, 1.165) is 39.8 Å². The second kappa shape index (κ2) is 5.84. The van der Waals surface area contributed by atoms with Gasteiger partial charge in [0.15, 0.2) is 5.13 Å². The Morgan fingerprint density at radius 2 is 2.04 bits per heavy atom. The third-order valence-corrected chi connectivity index (χ3v) is 5.72. The van der Waals surface area contributed by atoms with Crippen molar-refractivity contribution in [3.63, 3.8) is 0 Å². The quantitative estimate of drug-likeness (QED) is 0.739. The van der Waals surface area contributed by atoms with Crippen molar-refractivity contribution in [2.75, 3.05) is 4.72 Å². The molecule has 0 bridgehead atoms. The summed E-state index contributed by atoms with van der Waals surface area (Å²) in [5.41, 5.74) is 0.882. The standard InChI is InChI=1S/C15H11FN2O4S2/c1-8-3-2-4-12-13(8)17-15(23-12)18-24(21,22)9-5-6-11(16)10(7-9)14(19)20/h2-7H,1H3,(H,17,18)(H,19,20). The Balaban J connectivity index is 2.00. The van der Waals surface area contributed by atoms with Gasteiger partial charge >= 0.3 is 5.97 Å². The van der Waals surface area contributed by atoms with Gasteiger partial charge in [-0.2, -0.15) is 0 Å². The van der Waals surface area contributed by atoms with Crippen molar-refractivity contribution in [2.24, 2.45) is 0 Å². The number of hydrogen-bond acceptors (Lipinski definition) is 5. The molecule has 0 aliphatic rings. The van der Waals surface area contributed by atoms with Crippen molar-refractivity contribution < 1.29 is 22.7 Å². The maximum Gasteiger partial charge on any atom is 0.338 e. The SMILES string of the molecule is Cc1cccc2sc(NS(=O)(=O)c3ccc(F)c(C(=O)O)c3)nc12. The number of sulfonamides is 1. The normalized spacial score (nSPS) is 11.6. The van der Waals surface area contributed by atoms with E-state index in [2.05, 4.69) is 9.71 Å². The molecular weight excluding hydrogens is 355 g/mol. The molecule has 0 aliphatic carbocycles. The van der Waals surface area contributed by atoms with Gasteiger partial charge in [-0.15, -0.1) is 0 Å². The molecular formula is C15H11FN2O4S2. The Morgan fingerprint density at radius 3 is 2.71 bits per heavy atom. The maximum atomic E-state index is 13.4. The Bertz CT molecular complexity index is 1060. The van der Waals surface area contributed by atoms with Crippen molar-refractivity contribution in [2.45, 2.75) is 11.8 Å². The Labute approximate surface area is 140 Å². The Hall–Kier alpha value is -2.52. The molecule has 0 saturated heterocycles. The van der Waals surface area contributed by atoms with Crippen LogP contribution in [0.5, 0.6) is 0 Å². The van der Waals surface area contributed by atoms with Gasteiger partial charge < -0.3 is 5.11 Å². The minimum absolute atomic E-state index is 0.153. The first-order chi connectivity index (χ1) is 11.3. The van der Waals surface area contributed by atoms with Gasteiger partial charge in [0.25, 0.3) is 10.0 Å². The summed E-state index contributed by atoms with van der Waals surface area (Å²) in [6, 6.07) is 8.10. The summed E-state index contributed by atoms with van der Waals surface area (Å²) in [7, 11) is -4.08. The molecule has 24 heavy (non-hydrogen) atoms. The first-order valence-corrected chi connectivity index (χ1v) is 9.00. The first kappa shape index (κ1) is 16.3. The Morgan fingerprint density at radius 1 is 1.29 bits per heavy atom. The van der Waals surface area contributed by atoms with E-state index in [4.69, 9.17) is 5.11 Å². The van der Waals surface area contributed by atoms with Gasteiger partial charge in [0, 0.05) is 0 Å². The monoisotopic (exact) mass is 366 g/mol. The maximum absolute atomic E-state index is 13.4. The molecule has 0 radical (unpaired) electrons. The zero-order valence-corrected chi connectivity index (χ0v) is 13.9. The molecule has 1 aromatic heterocycles. The molecule has 1 heterocycles. The molecule has 0 spiro atoms. The van der Waals surface area contributed by atoms with Gasteiger partial charge in [0.2, 0.25) is 0 Å². The van der Waals surface area contributed by atoms with Crippen molar-refractivity contribution in [3.05, 3.63) is 53.3 Å². The molecule has 3 rings (SSSR count). The predicted octanol–water partition coefficient (Wildman–Crippen LogP) is 3.24. The van der Waals surface area contributed by atoms with Gasteiger partial charge in [-0.05, 0) is 36.8 Å². The number of carbonyl (C=O) groups is 1. The fourth-order valence-corrected chi connectivity index (χ4v) is 4.34. The van der Waals surface area contributed by atoms with E-state index in [1.165, 1.54) is 0 Å². The lowest BCUT2D eigenvalue weighted by Crippen LogP contribution is -2.14. The third kappa shape index (κ3) is 2.95. The summed E-state index contributed by atoms with van der Waals surface area (Å²) in [5.74, 6) is -2.54. The zero-order chi connectivity index (χ0) is 17.5. The first-order valence-electron chi connectivity index (χ1n) is 6.70. The highest BCUT2D eigenvalue weighted by Gasteiger charge is 2.20. The largest absolute Gasteiger partial charge is 0.478 e. The van der Waals surface area contributed by atoms with Gasteiger partial charge in [-0.3, -0.25) is 4.72 Å². The molecule has 9 heteroatoms. The van der Waals surface area contributed by atoms with Gasteiger partial charge in [0.05, 0.1) is 20.7 Å². The summed E-state index contributed by atoms with van der Waals surface area (Å²) in [6.45, 7) is 1.86. The highest BCUT2D eigenvalue weighted by Crippen LogP contribution is 2.29. The molecule has 3 aromatic rings. The van der Waals surface area contributed by atoms with E-state index in [0.29, 0.717) is 5.52 Å². The van der Waals surface area contributed by atoms with E-state index in [9.17, 15) is 17.6 Å². The van der Waals surface area contributed by atoms with E-state index in [-0.39, 0.29) is 10.0 Å². The minimum Gasteiger partial charge on any atom is -0.478 e. The molecule has 2 N–H and O–H groups in total. The number of benzene rings is 2. The fraction of sp³-hybridized carbons (Fsp3) is 0.0667. The molecule has 6 nitrogen and oxygen atoms in total. The lowest BCUT2D eigenvalue weighted by atomic mass is 10.2. The summed E-state index contributed by atoms with van der Waals surface area (Å²) < 4.78 is 41.3. The van der Waals surface area contributed by atoms with Gasteiger partial charge in [0.1, 0.15) is 5.82 Å². The van der Waals surface area contributed by atoms with Crippen molar-refractivity contribution in [1.29, 1.82) is 0 Å². The summed E-state index contributed by atoms with van der Waals surface area (Å²) in [4.78, 5) is 14.8. The van der Waals surface area contributed by atoms with Crippen molar-refractivity contribution in [1.82, 2.24) is 4.98 Å². The number of carboxylic acid groups (broad SMARTS) is 1. The van der Waals surface area contributed by atoms with Crippen LogP contribution in [0.4, 0.5) is 9.52 Å². The second-order valence-electron chi connectivity index (χ2n) is 4.99. The lowest BCUT2D eigenvalue weighted by Gasteiger charge is -2.06. The predicted molar refractivity (Wildman–Crippen MR) is 88.5 cm³/mol. The van der Waals surface area contributed by atoms with Gasteiger partial charge in [-0.25, -0.2) is 22.6 Å². The van der Waals surface area contributed by atoms with E-state index >= 15 is 0 Å². The average Bonchev–Trinajstić information content (AvgIpc) is 2.90. The number of rotatable bonds is 4. The molecule has 124 valence electrons. The number of aromatic carboxylic acids is 1. The number of carboxylic acids is 1. The number of thiazole rings is 1. The minimum atomic E-state index is -4.08. The van der Waals surface area contributed by atoms with Crippen LogP contribution in [0.3, 0.4) is 0 Å². The number of fused-ring (bicyclic) bond motifs is 1. The number of aromatic nitrogens is 1. The molecule has 2 aromatic carbocycles. The van der Waals surface area contributed by atoms with Crippen LogP contribution in [0.15, 0.2) is 41.3 Å². The highest BCUT2D eigenvalue weighted by molar-refractivity contribution is 7.93. The van der Waals surface area contributed by atoms with Crippen LogP contribution in [-0.2, 0) is 10.0 Å². The number of halogens is 1. The van der Waals surface area contributed by atoms with Gasteiger partial charge in [-0.1, -0.05) is 23.5 Å². The number of hydrogen-bond donors (Lipinski definition) is 2. The molecule has 0 unspecified atom stereocenters. The van der Waals surface area contributed by atoms with Crippen LogP contribution >= 0.6 is 11.3 Å². The average molecular weight is 366 g/mol. The highest BCUT2D eigenvalue weighted by atomic mass is 32.2. The zero-order valence-electron chi connectivity index (χ0n) is 12.3. The summed E-state index contributed by atoms with van der Waals surface area (Å²) >= 11 is 1.15. The second-order valence-corrected chi connectivity index (χ2v) is 7.71. The summed E-state index contributed by atoms with van der Waals surface area (Å²) in [5, 5.41) is 9.06. The molecule has 0 amide bonds. The number of nitrogens with zero attached hydrogens (tertiary/aromatic N) is 1. The van der Waals surface area contributed by atoms with Crippen molar-refractivity contribution in [3.8, 4) is 0 Å². The van der Waals surface area contributed by atoms with E-state index < -0.39 is 27.4 Å². The summed E-state index contributed by atoms with van der Waals surface area (Å²) in [6.07, 6.45) is 0. The van der Waals surface area contributed by atoms with Crippen LogP contribution < -0.4 is 4.72 Å². The fourth-order valence-electron chi connectivity index (χ4n) is 2.14. The molecule has 0 aliphatic heterocycles. The van der Waals surface area contributed by atoms with Crippen LogP contribution in [-0.4, -0.2) is 24.5 Å². The third-order valence-electron chi connectivity index (χ3n) is 3.32. The van der Waals surface area contributed by atoms with Crippen LogP contribution in [0.2, 0.25) is 0 Å². The Kier molecular flexibility index (Phi) is 3.98. The molecule has 0 atom stereocenters. The molecule has 0 fully saturated rings.